The Morgan fingerprint density at radius 1 is 1.05 bits per heavy atom. The molecule has 0 atom stereocenters. The Morgan fingerprint density at radius 3 is 2.20 bits per heavy atom. The van der Waals surface area contributed by atoms with Gasteiger partial charge in [-0.3, -0.25) is 0 Å². The third-order valence-electron chi connectivity index (χ3n) is 3.42. The number of anilines is 1. The van der Waals surface area contributed by atoms with Gasteiger partial charge in [0.15, 0.2) is 5.13 Å². The van der Waals surface area contributed by atoms with E-state index in [-0.39, 0.29) is 0 Å². The van der Waals surface area contributed by atoms with Crippen LogP contribution in [0.2, 0.25) is 0 Å². The van der Waals surface area contributed by atoms with Crippen LogP contribution < -0.4 is 10.2 Å². The molecule has 1 heterocycles. The van der Waals surface area contributed by atoms with Crippen molar-refractivity contribution in [2.45, 2.75) is 65.8 Å². The van der Waals surface area contributed by atoms with Gasteiger partial charge in [0.1, 0.15) is 0 Å². The number of hydrogen-bond donors (Lipinski definition) is 1. The first-order valence-electron chi connectivity index (χ1n) is 8.14. The Morgan fingerprint density at radius 2 is 1.70 bits per heavy atom. The Hall–Kier alpha value is -0.610. The quantitative estimate of drug-likeness (QED) is 0.663. The molecule has 0 aromatic carbocycles. The van der Waals surface area contributed by atoms with Crippen LogP contribution in [0.3, 0.4) is 0 Å². The van der Waals surface area contributed by atoms with Crippen LogP contribution in [0.15, 0.2) is 0 Å². The molecule has 0 bridgehead atoms. The second kappa shape index (κ2) is 10.2. The molecule has 0 unspecified atom stereocenters. The maximum Gasteiger partial charge on any atom is 0.185 e. The molecular weight excluding hydrogens is 266 g/mol. The molecule has 0 radical (unpaired) electrons. The van der Waals surface area contributed by atoms with Crippen molar-refractivity contribution in [2.75, 3.05) is 25.0 Å². The minimum Gasteiger partial charge on any atom is -0.348 e. The van der Waals surface area contributed by atoms with Crippen molar-refractivity contribution < 1.29 is 0 Å². The lowest BCUT2D eigenvalue weighted by Gasteiger charge is -2.21. The van der Waals surface area contributed by atoms with E-state index in [2.05, 4.69) is 31.0 Å². The Kier molecular flexibility index (Phi) is 8.86. The summed E-state index contributed by atoms with van der Waals surface area (Å²) in [7, 11) is 2.01. The first-order chi connectivity index (χ1) is 9.76. The standard InChI is InChI=1S/C16H31N3S/c1-5-8-11-19(12-9-6-2)16-18-14(10-7-3)15(20-16)13-17-4/h17H,5-13H2,1-4H3. The highest BCUT2D eigenvalue weighted by molar-refractivity contribution is 7.15. The number of nitrogens with zero attached hydrogens (tertiary/aromatic N) is 2. The molecule has 0 aliphatic heterocycles. The highest BCUT2D eigenvalue weighted by atomic mass is 32.1. The lowest BCUT2D eigenvalue weighted by molar-refractivity contribution is 0.675. The molecular formula is C16H31N3S. The van der Waals surface area contributed by atoms with E-state index in [1.54, 1.807) is 0 Å². The monoisotopic (exact) mass is 297 g/mol. The molecule has 3 nitrogen and oxygen atoms in total. The number of unbranched alkanes of at least 4 members (excludes halogenated alkanes) is 2. The van der Waals surface area contributed by atoms with Gasteiger partial charge in [-0.25, -0.2) is 4.98 Å². The predicted molar refractivity (Wildman–Crippen MR) is 90.9 cm³/mol. The zero-order chi connectivity index (χ0) is 14.8. The first kappa shape index (κ1) is 17.4. The topological polar surface area (TPSA) is 28.2 Å². The molecule has 20 heavy (non-hydrogen) atoms. The van der Waals surface area contributed by atoms with E-state index in [1.807, 2.05) is 18.4 Å². The normalized spacial score (nSPS) is 11.0. The molecule has 1 N–H and O–H groups in total. The van der Waals surface area contributed by atoms with Gasteiger partial charge < -0.3 is 10.2 Å². The summed E-state index contributed by atoms with van der Waals surface area (Å²) < 4.78 is 0. The van der Waals surface area contributed by atoms with Gasteiger partial charge in [-0.15, -0.1) is 11.3 Å². The van der Waals surface area contributed by atoms with Crippen molar-refractivity contribution in [1.29, 1.82) is 0 Å². The van der Waals surface area contributed by atoms with Crippen LogP contribution in [0.4, 0.5) is 5.13 Å². The van der Waals surface area contributed by atoms with Gasteiger partial charge in [0, 0.05) is 24.5 Å². The summed E-state index contributed by atoms with van der Waals surface area (Å²) >= 11 is 1.89. The van der Waals surface area contributed by atoms with Gasteiger partial charge in [0.2, 0.25) is 0 Å². The smallest absolute Gasteiger partial charge is 0.185 e. The molecule has 0 amide bonds. The van der Waals surface area contributed by atoms with Crippen molar-refractivity contribution in [3.05, 3.63) is 10.6 Å². The number of nitrogens with one attached hydrogen (secondary N) is 1. The summed E-state index contributed by atoms with van der Waals surface area (Å²) in [6, 6.07) is 0. The maximum atomic E-state index is 4.93. The minimum absolute atomic E-state index is 0.947. The van der Waals surface area contributed by atoms with E-state index in [0.29, 0.717) is 0 Å². The van der Waals surface area contributed by atoms with Crippen LogP contribution in [0.25, 0.3) is 0 Å². The van der Waals surface area contributed by atoms with Crippen molar-refractivity contribution in [3.8, 4) is 0 Å². The zero-order valence-corrected chi connectivity index (χ0v) is 14.5. The van der Waals surface area contributed by atoms with Gasteiger partial charge in [0.25, 0.3) is 0 Å². The molecule has 1 aromatic heterocycles. The number of rotatable bonds is 11. The van der Waals surface area contributed by atoms with Gasteiger partial charge in [-0.05, 0) is 26.3 Å². The Labute approximate surface area is 128 Å². The van der Waals surface area contributed by atoms with E-state index < -0.39 is 0 Å². The van der Waals surface area contributed by atoms with E-state index in [4.69, 9.17) is 4.98 Å². The molecule has 0 saturated carbocycles. The summed E-state index contributed by atoms with van der Waals surface area (Å²) in [6.07, 6.45) is 7.28. The summed E-state index contributed by atoms with van der Waals surface area (Å²) in [5.41, 5.74) is 1.31. The summed E-state index contributed by atoms with van der Waals surface area (Å²) in [6.45, 7) is 9.99. The van der Waals surface area contributed by atoms with Gasteiger partial charge in [0.05, 0.1) is 5.69 Å². The number of aromatic nitrogens is 1. The zero-order valence-electron chi connectivity index (χ0n) is 13.7. The summed E-state index contributed by atoms with van der Waals surface area (Å²) in [5, 5.41) is 4.51. The second-order valence-corrected chi connectivity index (χ2v) is 6.40. The van der Waals surface area contributed by atoms with Crippen LogP contribution in [-0.4, -0.2) is 25.1 Å². The van der Waals surface area contributed by atoms with E-state index in [1.165, 1.54) is 47.8 Å². The van der Waals surface area contributed by atoms with Gasteiger partial charge >= 0.3 is 0 Å². The molecule has 116 valence electrons. The molecule has 0 aliphatic rings. The molecule has 1 aromatic rings. The third kappa shape index (κ3) is 5.41. The average Bonchev–Trinajstić information content (AvgIpc) is 2.83. The highest BCUT2D eigenvalue weighted by Gasteiger charge is 2.15. The number of hydrogen-bond acceptors (Lipinski definition) is 4. The maximum absolute atomic E-state index is 4.93. The van der Waals surface area contributed by atoms with Crippen LogP contribution in [0, 0.1) is 0 Å². The van der Waals surface area contributed by atoms with E-state index in [9.17, 15) is 0 Å². The number of aryl methyl sites for hydroxylation is 1. The van der Waals surface area contributed by atoms with Crippen LogP contribution >= 0.6 is 11.3 Å². The molecule has 0 fully saturated rings. The van der Waals surface area contributed by atoms with Crippen molar-refractivity contribution in [1.82, 2.24) is 10.3 Å². The SMILES string of the molecule is CCCCN(CCCC)c1nc(CCC)c(CNC)s1. The van der Waals surface area contributed by atoms with Crippen molar-refractivity contribution in [2.24, 2.45) is 0 Å². The fourth-order valence-corrected chi connectivity index (χ4v) is 3.41. The fraction of sp³-hybridized carbons (Fsp3) is 0.812. The van der Waals surface area contributed by atoms with Crippen LogP contribution in [-0.2, 0) is 13.0 Å². The number of thiazole rings is 1. The lowest BCUT2D eigenvalue weighted by Crippen LogP contribution is -2.25. The molecule has 0 spiro atoms. The van der Waals surface area contributed by atoms with Crippen LogP contribution in [0.5, 0.6) is 0 Å². The predicted octanol–water partition coefficient (Wildman–Crippen LogP) is 4.22. The average molecular weight is 298 g/mol. The highest BCUT2D eigenvalue weighted by Crippen LogP contribution is 2.28. The van der Waals surface area contributed by atoms with E-state index >= 15 is 0 Å². The van der Waals surface area contributed by atoms with Crippen molar-refractivity contribution >= 4 is 16.5 Å². The fourth-order valence-electron chi connectivity index (χ4n) is 2.24. The van der Waals surface area contributed by atoms with Gasteiger partial charge in [-0.1, -0.05) is 40.0 Å². The Bertz CT molecular complexity index is 331. The first-order valence-corrected chi connectivity index (χ1v) is 8.96. The molecule has 1 rings (SSSR count). The lowest BCUT2D eigenvalue weighted by atomic mass is 10.2. The minimum atomic E-state index is 0.947. The summed E-state index contributed by atoms with van der Waals surface area (Å²) in [5.74, 6) is 0. The van der Waals surface area contributed by atoms with Gasteiger partial charge in [-0.2, -0.15) is 0 Å². The second-order valence-electron chi connectivity index (χ2n) is 5.34. The Balaban J connectivity index is 2.84. The van der Waals surface area contributed by atoms with E-state index in [0.717, 1.165) is 26.1 Å². The molecule has 0 saturated heterocycles. The third-order valence-corrected chi connectivity index (χ3v) is 4.58. The largest absolute Gasteiger partial charge is 0.348 e. The van der Waals surface area contributed by atoms with Crippen LogP contribution in [0.1, 0.15) is 63.4 Å². The summed E-state index contributed by atoms with van der Waals surface area (Å²) in [4.78, 5) is 8.84. The van der Waals surface area contributed by atoms with Crippen molar-refractivity contribution in [3.63, 3.8) is 0 Å². The molecule has 4 heteroatoms. The molecule has 0 aliphatic carbocycles.